The van der Waals surface area contributed by atoms with Crippen LogP contribution in [0.3, 0.4) is 0 Å². The van der Waals surface area contributed by atoms with E-state index in [0.717, 1.165) is 36.3 Å². The summed E-state index contributed by atoms with van der Waals surface area (Å²) in [6, 6.07) is 1.25. The number of aliphatic hydroxyl groups is 1. The van der Waals surface area contributed by atoms with Crippen molar-refractivity contribution in [2.45, 2.75) is 52.7 Å². The molecule has 0 spiro atoms. The van der Waals surface area contributed by atoms with Crippen LogP contribution in [0.5, 0.6) is 5.88 Å². The van der Waals surface area contributed by atoms with Gasteiger partial charge in [0.15, 0.2) is 0 Å². The number of nitrogens with zero attached hydrogens (tertiary/aromatic N) is 3. The highest BCUT2D eigenvalue weighted by Gasteiger charge is 2.18. The summed E-state index contributed by atoms with van der Waals surface area (Å²) in [4.78, 5) is 12.1. The number of aryl methyl sites for hydroxylation is 3. The second-order valence-corrected chi connectivity index (χ2v) is 6.10. The Balaban J connectivity index is 2.04. The van der Waals surface area contributed by atoms with Gasteiger partial charge in [-0.05, 0) is 26.7 Å². The number of hydrogen-bond donors (Lipinski definition) is 2. The highest BCUT2D eigenvalue weighted by atomic mass is 16.5. The fraction of sp³-hybridized carbons (Fsp3) is 0.588. The SMILES string of the molecule is CCCCc1noc(C)c1COc1cc(C(=O)NC(C)CO)n(C)n1. The third kappa shape index (κ3) is 4.82. The van der Waals surface area contributed by atoms with E-state index in [0.29, 0.717) is 18.2 Å². The molecule has 2 aromatic rings. The van der Waals surface area contributed by atoms with Gasteiger partial charge in [-0.2, -0.15) is 0 Å². The fourth-order valence-corrected chi connectivity index (χ4v) is 2.38. The lowest BCUT2D eigenvalue weighted by molar-refractivity contribution is 0.0912. The van der Waals surface area contributed by atoms with Crippen LogP contribution in [0.4, 0.5) is 0 Å². The average Bonchev–Trinajstić information content (AvgIpc) is 3.13. The van der Waals surface area contributed by atoms with Crippen molar-refractivity contribution in [3.05, 3.63) is 28.8 Å². The van der Waals surface area contributed by atoms with Crippen molar-refractivity contribution in [1.82, 2.24) is 20.3 Å². The van der Waals surface area contributed by atoms with Crippen molar-refractivity contribution in [2.75, 3.05) is 6.61 Å². The van der Waals surface area contributed by atoms with Crippen LogP contribution >= 0.6 is 0 Å². The number of aromatic nitrogens is 3. The molecule has 1 atom stereocenters. The zero-order valence-electron chi connectivity index (χ0n) is 15.2. The molecule has 2 aromatic heterocycles. The van der Waals surface area contributed by atoms with Gasteiger partial charge in [0.05, 0.1) is 17.9 Å². The number of carbonyl (C=O) groups excluding carboxylic acids is 1. The number of carbonyl (C=O) groups is 1. The summed E-state index contributed by atoms with van der Waals surface area (Å²) in [7, 11) is 1.67. The van der Waals surface area contributed by atoms with E-state index in [9.17, 15) is 4.79 Å². The Kier molecular flexibility index (Phi) is 6.58. The predicted octanol–water partition coefficient (Wildman–Crippen LogP) is 1.75. The fourth-order valence-electron chi connectivity index (χ4n) is 2.38. The topological polar surface area (TPSA) is 102 Å². The molecule has 8 nitrogen and oxygen atoms in total. The Morgan fingerprint density at radius 3 is 2.96 bits per heavy atom. The minimum absolute atomic E-state index is 0.125. The van der Waals surface area contributed by atoms with E-state index in [1.165, 1.54) is 4.68 Å². The van der Waals surface area contributed by atoms with Gasteiger partial charge in [0, 0.05) is 19.2 Å². The monoisotopic (exact) mass is 350 g/mol. The van der Waals surface area contributed by atoms with Crippen molar-refractivity contribution >= 4 is 5.91 Å². The van der Waals surface area contributed by atoms with E-state index < -0.39 is 0 Å². The van der Waals surface area contributed by atoms with Crippen LogP contribution in [0.25, 0.3) is 0 Å². The summed E-state index contributed by atoms with van der Waals surface area (Å²) in [5.41, 5.74) is 2.20. The first-order valence-corrected chi connectivity index (χ1v) is 8.48. The van der Waals surface area contributed by atoms with Crippen molar-refractivity contribution < 1.29 is 19.2 Å². The van der Waals surface area contributed by atoms with Crippen molar-refractivity contribution in [3.63, 3.8) is 0 Å². The summed E-state index contributed by atoms with van der Waals surface area (Å²) in [6.45, 7) is 5.87. The van der Waals surface area contributed by atoms with Gasteiger partial charge in [-0.3, -0.25) is 9.48 Å². The molecule has 1 unspecified atom stereocenters. The van der Waals surface area contributed by atoms with E-state index in [1.807, 2.05) is 6.92 Å². The molecule has 8 heteroatoms. The summed E-state index contributed by atoms with van der Waals surface area (Å²) in [6.07, 6.45) is 2.97. The molecule has 0 fully saturated rings. The van der Waals surface area contributed by atoms with Gasteiger partial charge in [-0.15, -0.1) is 5.10 Å². The Hall–Kier alpha value is -2.35. The third-order valence-corrected chi connectivity index (χ3v) is 3.94. The molecule has 25 heavy (non-hydrogen) atoms. The Morgan fingerprint density at radius 1 is 1.52 bits per heavy atom. The molecule has 0 aliphatic carbocycles. The summed E-state index contributed by atoms with van der Waals surface area (Å²) in [5.74, 6) is 0.777. The molecule has 1 amide bonds. The van der Waals surface area contributed by atoms with Crippen LogP contribution in [0.15, 0.2) is 10.6 Å². The second kappa shape index (κ2) is 8.66. The first-order chi connectivity index (χ1) is 12.0. The van der Waals surface area contributed by atoms with E-state index in [4.69, 9.17) is 14.4 Å². The van der Waals surface area contributed by atoms with Crippen LogP contribution in [-0.2, 0) is 20.1 Å². The van der Waals surface area contributed by atoms with E-state index in [1.54, 1.807) is 20.0 Å². The average molecular weight is 350 g/mol. The van der Waals surface area contributed by atoms with Gasteiger partial charge in [0.2, 0.25) is 5.88 Å². The maximum atomic E-state index is 12.1. The summed E-state index contributed by atoms with van der Waals surface area (Å²) >= 11 is 0. The standard InChI is InChI=1S/C17H26N4O4/c1-5-6-7-14-13(12(3)25-20-14)10-24-16-8-15(21(4)19-16)17(23)18-11(2)9-22/h8,11,22H,5-7,9-10H2,1-4H3,(H,18,23). The maximum absolute atomic E-state index is 12.1. The first kappa shape index (κ1) is 19.0. The maximum Gasteiger partial charge on any atom is 0.269 e. The van der Waals surface area contributed by atoms with E-state index in [-0.39, 0.29) is 18.6 Å². The van der Waals surface area contributed by atoms with Crippen molar-refractivity contribution in [2.24, 2.45) is 7.05 Å². The van der Waals surface area contributed by atoms with Crippen LogP contribution in [-0.4, -0.2) is 38.6 Å². The van der Waals surface area contributed by atoms with E-state index in [2.05, 4.69) is 22.5 Å². The van der Waals surface area contributed by atoms with Gasteiger partial charge >= 0.3 is 0 Å². The quantitative estimate of drug-likeness (QED) is 0.714. The molecule has 0 aliphatic rings. The number of amides is 1. The molecule has 138 valence electrons. The van der Waals surface area contributed by atoms with Gasteiger partial charge in [0.25, 0.3) is 5.91 Å². The molecule has 0 saturated heterocycles. The van der Waals surface area contributed by atoms with Crippen LogP contribution in [0.1, 0.15) is 54.2 Å². The molecule has 0 radical (unpaired) electrons. The molecule has 2 rings (SSSR count). The van der Waals surface area contributed by atoms with Crippen molar-refractivity contribution in [3.8, 4) is 5.88 Å². The second-order valence-electron chi connectivity index (χ2n) is 6.10. The molecule has 0 aromatic carbocycles. The number of unbranched alkanes of at least 4 members (excludes halogenated alkanes) is 1. The molecule has 0 saturated carbocycles. The van der Waals surface area contributed by atoms with Crippen LogP contribution in [0, 0.1) is 6.92 Å². The van der Waals surface area contributed by atoms with Gasteiger partial charge in [-0.25, -0.2) is 0 Å². The Morgan fingerprint density at radius 2 is 2.28 bits per heavy atom. The highest BCUT2D eigenvalue weighted by molar-refractivity contribution is 5.93. The molecule has 0 aliphatic heterocycles. The van der Waals surface area contributed by atoms with Gasteiger partial charge in [0.1, 0.15) is 18.1 Å². The Labute approximate surface area is 147 Å². The zero-order chi connectivity index (χ0) is 18.4. The third-order valence-electron chi connectivity index (χ3n) is 3.94. The molecular formula is C17H26N4O4. The predicted molar refractivity (Wildman–Crippen MR) is 91.4 cm³/mol. The smallest absolute Gasteiger partial charge is 0.269 e. The lowest BCUT2D eigenvalue weighted by Crippen LogP contribution is -2.36. The number of hydrogen-bond acceptors (Lipinski definition) is 6. The lowest BCUT2D eigenvalue weighted by Gasteiger charge is -2.09. The van der Waals surface area contributed by atoms with Gasteiger partial charge < -0.3 is 19.7 Å². The number of aliphatic hydroxyl groups excluding tert-OH is 1. The largest absolute Gasteiger partial charge is 0.472 e. The summed E-state index contributed by atoms with van der Waals surface area (Å²) < 4.78 is 12.4. The molecular weight excluding hydrogens is 324 g/mol. The molecule has 2 N–H and O–H groups in total. The van der Waals surface area contributed by atoms with Crippen LogP contribution in [0.2, 0.25) is 0 Å². The van der Waals surface area contributed by atoms with E-state index >= 15 is 0 Å². The first-order valence-electron chi connectivity index (χ1n) is 8.48. The Bertz CT molecular complexity index is 708. The summed E-state index contributed by atoms with van der Waals surface area (Å²) in [5, 5.41) is 20.0. The minimum atomic E-state index is -0.326. The number of ether oxygens (including phenoxy) is 1. The van der Waals surface area contributed by atoms with Crippen molar-refractivity contribution in [1.29, 1.82) is 0 Å². The van der Waals surface area contributed by atoms with Gasteiger partial charge in [-0.1, -0.05) is 18.5 Å². The highest BCUT2D eigenvalue weighted by Crippen LogP contribution is 2.19. The normalized spacial score (nSPS) is 12.2. The number of nitrogens with one attached hydrogen (secondary N) is 1. The van der Waals surface area contributed by atoms with Crippen LogP contribution < -0.4 is 10.1 Å². The zero-order valence-corrected chi connectivity index (χ0v) is 15.2. The lowest BCUT2D eigenvalue weighted by atomic mass is 10.1. The number of rotatable bonds is 9. The molecule has 2 heterocycles. The minimum Gasteiger partial charge on any atom is -0.472 e. The molecule has 0 bridgehead atoms.